The van der Waals surface area contributed by atoms with Crippen molar-refractivity contribution < 1.29 is 13.9 Å². The average Bonchev–Trinajstić information content (AvgIpc) is 3.56. The Bertz CT molecular complexity index is 1470. The van der Waals surface area contributed by atoms with Gasteiger partial charge in [-0.1, -0.05) is 42.1 Å². The number of ether oxygens (including phenoxy) is 1. The van der Waals surface area contributed by atoms with Crippen LogP contribution in [0.15, 0.2) is 89.4 Å². The van der Waals surface area contributed by atoms with E-state index in [1.165, 1.54) is 35.2 Å². The van der Waals surface area contributed by atoms with Crippen molar-refractivity contribution >= 4 is 34.1 Å². The molecule has 3 aromatic carbocycles. The molecule has 0 atom stereocenters. The van der Waals surface area contributed by atoms with Crippen molar-refractivity contribution in [1.82, 2.24) is 19.7 Å². The smallest absolute Gasteiger partial charge is 0.236 e. The van der Waals surface area contributed by atoms with Crippen LogP contribution in [0.3, 0.4) is 0 Å². The summed E-state index contributed by atoms with van der Waals surface area (Å²) in [6.07, 6.45) is 0. The largest absolute Gasteiger partial charge is 0.497 e. The SMILES string of the molecule is COc1ccc(-c2csc(NC(=O)CSc3nnc(-c4ccccc4)n3-c3ccc(F)cc3)n2)cc1. The second kappa shape index (κ2) is 10.7. The summed E-state index contributed by atoms with van der Waals surface area (Å²) < 4.78 is 20.6. The predicted octanol–water partition coefficient (Wildman–Crippen LogP) is 5.94. The molecule has 0 unspecified atom stereocenters. The minimum absolute atomic E-state index is 0.103. The van der Waals surface area contributed by atoms with Gasteiger partial charge in [0.05, 0.1) is 18.6 Å². The van der Waals surface area contributed by atoms with Crippen LogP contribution in [0, 0.1) is 5.82 Å². The van der Waals surface area contributed by atoms with Crippen LogP contribution in [0.2, 0.25) is 0 Å². The first-order valence-electron chi connectivity index (χ1n) is 10.9. The first kappa shape index (κ1) is 23.7. The van der Waals surface area contributed by atoms with Gasteiger partial charge in [-0.2, -0.15) is 0 Å². The van der Waals surface area contributed by atoms with E-state index in [-0.39, 0.29) is 17.5 Å². The molecule has 36 heavy (non-hydrogen) atoms. The fraction of sp³-hybridized carbons (Fsp3) is 0.0769. The minimum atomic E-state index is -0.334. The Balaban J connectivity index is 1.31. The van der Waals surface area contributed by atoms with E-state index in [0.29, 0.717) is 21.8 Å². The Hall–Kier alpha value is -4.02. The number of rotatable bonds is 8. The third-order valence-corrected chi connectivity index (χ3v) is 6.91. The van der Waals surface area contributed by atoms with Crippen LogP contribution in [-0.4, -0.2) is 38.5 Å². The number of anilines is 1. The van der Waals surface area contributed by atoms with Gasteiger partial charge >= 0.3 is 0 Å². The molecule has 0 spiro atoms. The number of amides is 1. The summed E-state index contributed by atoms with van der Waals surface area (Å²) in [5.74, 6) is 0.924. The molecule has 0 aliphatic heterocycles. The zero-order valence-corrected chi connectivity index (χ0v) is 20.7. The monoisotopic (exact) mass is 517 g/mol. The van der Waals surface area contributed by atoms with Crippen LogP contribution in [0.5, 0.6) is 5.75 Å². The fourth-order valence-corrected chi connectivity index (χ4v) is 4.96. The van der Waals surface area contributed by atoms with E-state index in [9.17, 15) is 9.18 Å². The summed E-state index contributed by atoms with van der Waals surface area (Å²) in [5.41, 5.74) is 3.27. The Labute approximate surface area is 215 Å². The quantitative estimate of drug-likeness (QED) is 0.257. The molecule has 1 amide bonds. The molecule has 0 fully saturated rings. The molecule has 0 bridgehead atoms. The molecule has 0 aliphatic rings. The van der Waals surface area contributed by atoms with Gasteiger partial charge in [-0.15, -0.1) is 21.5 Å². The number of thiazole rings is 1. The lowest BCUT2D eigenvalue weighted by atomic mass is 10.2. The van der Waals surface area contributed by atoms with Crippen LogP contribution < -0.4 is 10.1 Å². The Morgan fingerprint density at radius 1 is 1.00 bits per heavy atom. The summed E-state index contributed by atoms with van der Waals surface area (Å²) >= 11 is 2.60. The molecule has 10 heteroatoms. The van der Waals surface area contributed by atoms with E-state index in [0.717, 1.165) is 22.6 Å². The number of hydrogen-bond acceptors (Lipinski definition) is 7. The molecule has 5 aromatic rings. The third-order valence-electron chi connectivity index (χ3n) is 5.22. The van der Waals surface area contributed by atoms with Crippen LogP contribution >= 0.6 is 23.1 Å². The first-order valence-corrected chi connectivity index (χ1v) is 12.8. The van der Waals surface area contributed by atoms with Crippen LogP contribution in [-0.2, 0) is 4.79 Å². The van der Waals surface area contributed by atoms with Crippen molar-refractivity contribution in [3.05, 3.63) is 90.1 Å². The molecule has 7 nitrogen and oxygen atoms in total. The molecule has 180 valence electrons. The molecule has 1 N–H and O–H groups in total. The molecular weight excluding hydrogens is 497 g/mol. The van der Waals surface area contributed by atoms with E-state index < -0.39 is 0 Å². The zero-order valence-electron chi connectivity index (χ0n) is 19.1. The molecule has 0 aliphatic carbocycles. The van der Waals surface area contributed by atoms with Crippen molar-refractivity contribution in [2.45, 2.75) is 5.16 Å². The summed E-state index contributed by atoms with van der Waals surface area (Å²) in [4.78, 5) is 17.2. The summed E-state index contributed by atoms with van der Waals surface area (Å²) in [6.45, 7) is 0. The number of thioether (sulfide) groups is 1. The minimum Gasteiger partial charge on any atom is -0.497 e. The van der Waals surface area contributed by atoms with E-state index >= 15 is 0 Å². The number of nitrogens with zero attached hydrogens (tertiary/aromatic N) is 4. The lowest BCUT2D eigenvalue weighted by Crippen LogP contribution is -2.14. The number of hydrogen-bond donors (Lipinski definition) is 1. The second-order valence-electron chi connectivity index (χ2n) is 7.59. The maximum atomic E-state index is 13.5. The average molecular weight is 518 g/mol. The lowest BCUT2D eigenvalue weighted by Gasteiger charge is -2.10. The number of carbonyl (C=O) groups is 1. The standard InChI is InChI=1S/C26H20FN5O2S2/c1-34-21-13-7-17(8-14-21)22-15-35-25(28-22)29-23(33)16-36-26-31-30-24(18-5-3-2-4-6-18)32(26)20-11-9-19(27)10-12-20/h2-15H,16H2,1H3,(H,28,29,33). The van der Waals surface area contributed by atoms with Crippen molar-refractivity contribution in [2.75, 3.05) is 18.2 Å². The molecular formula is C26H20FN5O2S2. The number of aromatic nitrogens is 4. The second-order valence-corrected chi connectivity index (χ2v) is 9.39. The molecule has 2 aromatic heterocycles. The van der Waals surface area contributed by atoms with E-state index in [1.807, 2.05) is 64.5 Å². The summed E-state index contributed by atoms with van der Waals surface area (Å²) in [6, 6.07) is 23.2. The van der Waals surface area contributed by atoms with Gasteiger partial charge < -0.3 is 10.1 Å². The van der Waals surface area contributed by atoms with Crippen LogP contribution in [0.1, 0.15) is 0 Å². The summed E-state index contributed by atoms with van der Waals surface area (Å²) in [5, 5.41) is 14.4. The highest BCUT2D eigenvalue weighted by Crippen LogP contribution is 2.29. The number of nitrogens with one attached hydrogen (secondary N) is 1. The fourth-order valence-electron chi connectivity index (χ4n) is 3.47. The van der Waals surface area contributed by atoms with Gasteiger partial charge in [-0.3, -0.25) is 9.36 Å². The molecule has 2 heterocycles. The Morgan fingerprint density at radius 3 is 2.47 bits per heavy atom. The van der Waals surface area contributed by atoms with Crippen molar-refractivity contribution in [1.29, 1.82) is 0 Å². The molecule has 5 rings (SSSR count). The Kier molecular flexibility index (Phi) is 7.06. The van der Waals surface area contributed by atoms with Crippen molar-refractivity contribution in [3.8, 4) is 34.1 Å². The summed E-state index contributed by atoms with van der Waals surface area (Å²) in [7, 11) is 1.62. The van der Waals surface area contributed by atoms with E-state index in [1.54, 1.807) is 19.2 Å². The lowest BCUT2D eigenvalue weighted by molar-refractivity contribution is -0.113. The molecule has 0 saturated heterocycles. The van der Waals surface area contributed by atoms with Crippen LogP contribution in [0.4, 0.5) is 9.52 Å². The number of halogens is 1. The third kappa shape index (κ3) is 5.29. The van der Waals surface area contributed by atoms with Gasteiger partial charge in [0.1, 0.15) is 11.6 Å². The zero-order chi connectivity index (χ0) is 24.9. The van der Waals surface area contributed by atoms with Gasteiger partial charge in [-0.05, 0) is 48.5 Å². The predicted molar refractivity (Wildman–Crippen MR) is 140 cm³/mol. The maximum absolute atomic E-state index is 13.5. The highest BCUT2D eigenvalue weighted by atomic mass is 32.2. The van der Waals surface area contributed by atoms with Crippen LogP contribution in [0.25, 0.3) is 28.3 Å². The molecule has 0 saturated carbocycles. The highest BCUT2D eigenvalue weighted by Gasteiger charge is 2.18. The van der Waals surface area contributed by atoms with E-state index in [2.05, 4.69) is 20.5 Å². The van der Waals surface area contributed by atoms with Gasteiger partial charge in [0.15, 0.2) is 16.1 Å². The normalized spacial score (nSPS) is 10.8. The number of carbonyl (C=O) groups excluding carboxylic acids is 1. The van der Waals surface area contributed by atoms with Gasteiger partial charge in [0.25, 0.3) is 0 Å². The Morgan fingerprint density at radius 2 is 1.75 bits per heavy atom. The van der Waals surface area contributed by atoms with Crippen molar-refractivity contribution in [3.63, 3.8) is 0 Å². The van der Waals surface area contributed by atoms with Gasteiger partial charge in [0.2, 0.25) is 5.91 Å². The van der Waals surface area contributed by atoms with E-state index in [4.69, 9.17) is 4.74 Å². The van der Waals surface area contributed by atoms with Gasteiger partial charge in [0, 0.05) is 22.2 Å². The van der Waals surface area contributed by atoms with Gasteiger partial charge in [-0.25, -0.2) is 9.37 Å². The first-order chi connectivity index (χ1) is 17.6. The number of methoxy groups -OCH3 is 1. The molecule has 0 radical (unpaired) electrons. The highest BCUT2D eigenvalue weighted by molar-refractivity contribution is 7.99. The maximum Gasteiger partial charge on any atom is 0.236 e. The number of benzene rings is 3. The topological polar surface area (TPSA) is 81.9 Å². The van der Waals surface area contributed by atoms with Crippen molar-refractivity contribution in [2.24, 2.45) is 0 Å².